The van der Waals surface area contributed by atoms with Gasteiger partial charge >= 0.3 is 5.97 Å². The molecule has 6 heteroatoms. The van der Waals surface area contributed by atoms with Crippen LogP contribution in [0.25, 0.3) is 0 Å². The number of nitrogens with zero attached hydrogens (tertiary/aromatic N) is 1. The average Bonchev–Trinajstić information content (AvgIpc) is 2.81. The van der Waals surface area contributed by atoms with Gasteiger partial charge in [-0.2, -0.15) is 0 Å². The van der Waals surface area contributed by atoms with E-state index in [1.807, 2.05) is 13.8 Å². The van der Waals surface area contributed by atoms with Gasteiger partial charge in [-0.25, -0.2) is 0 Å². The molecule has 0 spiro atoms. The Hall–Kier alpha value is -1.85. The Bertz CT molecular complexity index is 476. The van der Waals surface area contributed by atoms with E-state index in [9.17, 15) is 9.59 Å². The molecule has 1 aromatic heterocycles. The Morgan fingerprint density at radius 1 is 1.50 bits per heavy atom. The van der Waals surface area contributed by atoms with E-state index in [4.69, 9.17) is 14.0 Å². The van der Waals surface area contributed by atoms with E-state index in [1.54, 1.807) is 6.07 Å². The molecule has 1 heterocycles. The second-order valence-corrected chi connectivity index (χ2v) is 5.42. The molecule has 1 atom stereocenters. The van der Waals surface area contributed by atoms with Crippen molar-refractivity contribution in [2.75, 3.05) is 7.11 Å². The first-order valence-electron chi connectivity index (χ1n) is 6.71. The van der Waals surface area contributed by atoms with Crippen molar-refractivity contribution in [3.63, 3.8) is 0 Å². The van der Waals surface area contributed by atoms with Gasteiger partial charge < -0.3 is 18.8 Å². The number of carbonyl (C=O) groups is 2. The molecule has 1 aliphatic rings. The first-order chi connectivity index (χ1) is 9.55. The van der Waals surface area contributed by atoms with Crippen LogP contribution < -0.4 is 4.74 Å². The minimum absolute atomic E-state index is 0.00113. The molecule has 1 aromatic rings. The van der Waals surface area contributed by atoms with Crippen LogP contribution in [-0.2, 0) is 14.3 Å². The lowest BCUT2D eigenvalue weighted by atomic mass is 9.83. The number of rotatable bonds is 6. The van der Waals surface area contributed by atoms with Crippen molar-refractivity contribution in [2.45, 2.75) is 38.7 Å². The molecule has 1 aliphatic carbocycles. The van der Waals surface area contributed by atoms with E-state index in [1.165, 1.54) is 7.11 Å². The molecule has 1 saturated carbocycles. The van der Waals surface area contributed by atoms with Gasteiger partial charge in [-0.3, -0.25) is 4.79 Å². The van der Waals surface area contributed by atoms with Crippen LogP contribution in [0.5, 0.6) is 5.88 Å². The number of aromatic nitrogens is 1. The van der Waals surface area contributed by atoms with Crippen molar-refractivity contribution in [1.82, 2.24) is 5.16 Å². The Balaban J connectivity index is 2.00. The number of esters is 1. The van der Waals surface area contributed by atoms with Crippen LogP contribution in [0.4, 0.5) is 0 Å². The zero-order valence-corrected chi connectivity index (χ0v) is 11.9. The van der Waals surface area contributed by atoms with Crippen LogP contribution >= 0.6 is 0 Å². The summed E-state index contributed by atoms with van der Waals surface area (Å²) in [5.74, 6) is 0.0644. The second-order valence-electron chi connectivity index (χ2n) is 5.42. The number of aldehydes is 1. The van der Waals surface area contributed by atoms with Crippen LogP contribution in [0.3, 0.4) is 0 Å². The van der Waals surface area contributed by atoms with E-state index in [-0.39, 0.29) is 23.9 Å². The summed E-state index contributed by atoms with van der Waals surface area (Å²) in [4.78, 5) is 22.3. The van der Waals surface area contributed by atoms with Crippen LogP contribution in [0, 0.1) is 11.8 Å². The molecular weight excluding hydrogens is 262 g/mol. The monoisotopic (exact) mass is 281 g/mol. The highest BCUT2D eigenvalue weighted by Crippen LogP contribution is 2.32. The van der Waals surface area contributed by atoms with Crippen molar-refractivity contribution >= 4 is 12.3 Å². The number of methoxy groups -OCH3 is 1. The molecule has 0 N–H and O–H groups in total. The Labute approximate surface area is 117 Å². The molecule has 0 saturated heterocycles. The van der Waals surface area contributed by atoms with Crippen molar-refractivity contribution in [1.29, 1.82) is 0 Å². The zero-order chi connectivity index (χ0) is 14.7. The standard InChI is InChI=1S/C14H19NO5/c1-8(2)13(14(17)18-3)11-6-12(15-20-11)19-10-4-9(5-10)7-16/h6-10,13H,4-5H2,1-3H3. The smallest absolute Gasteiger partial charge is 0.316 e. The molecule has 0 radical (unpaired) electrons. The number of hydrogen-bond donors (Lipinski definition) is 0. The van der Waals surface area contributed by atoms with Crippen molar-refractivity contribution in [3.05, 3.63) is 11.8 Å². The second kappa shape index (κ2) is 6.07. The minimum atomic E-state index is -0.492. The number of hydrogen-bond acceptors (Lipinski definition) is 6. The summed E-state index contributed by atoms with van der Waals surface area (Å²) in [5, 5.41) is 3.82. The lowest BCUT2D eigenvalue weighted by molar-refractivity contribution is -0.144. The largest absolute Gasteiger partial charge is 0.472 e. The normalized spacial score (nSPS) is 23.0. The molecule has 1 fully saturated rings. The minimum Gasteiger partial charge on any atom is -0.472 e. The van der Waals surface area contributed by atoms with Gasteiger partial charge in [0, 0.05) is 12.0 Å². The Kier molecular flexibility index (Phi) is 4.42. The highest BCUT2D eigenvalue weighted by atomic mass is 16.5. The lowest BCUT2D eigenvalue weighted by Gasteiger charge is -2.30. The van der Waals surface area contributed by atoms with Crippen LogP contribution in [0.15, 0.2) is 10.6 Å². The van der Waals surface area contributed by atoms with E-state index >= 15 is 0 Å². The van der Waals surface area contributed by atoms with Gasteiger partial charge in [0.2, 0.25) is 0 Å². The van der Waals surface area contributed by atoms with E-state index in [0.29, 0.717) is 24.5 Å². The maximum absolute atomic E-state index is 11.7. The number of carbonyl (C=O) groups excluding carboxylic acids is 2. The lowest BCUT2D eigenvalue weighted by Crippen LogP contribution is -2.34. The maximum atomic E-state index is 11.7. The summed E-state index contributed by atoms with van der Waals surface area (Å²) in [7, 11) is 1.35. The van der Waals surface area contributed by atoms with Crippen LogP contribution in [0.2, 0.25) is 0 Å². The van der Waals surface area contributed by atoms with Gasteiger partial charge in [0.15, 0.2) is 5.76 Å². The highest BCUT2D eigenvalue weighted by molar-refractivity contribution is 5.77. The first-order valence-corrected chi connectivity index (χ1v) is 6.71. The summed E-state index contributed by atoms with van der Waals surface area (Å²) >= 11 is 0. The Morgan fingerprint density at radius 3 is 2.75 bits per heavy atom. The highest BCUT2D eigenvalue weighted by Gasteiger charge is 2.33. The predicted octanol–water partition coefficient (Wildman–Crippen LogP) is 1.94. The summed E-state index contributed by atoms with van der Waals surface area (Å²) in [6, 6.07) is 1.62. The third-order valence-electron chi connectivity index (χ3n) is 3.55. The SMILES string of the molecule is COC(=O)C(c1cc(OC2CC(C=O)C2)no1)C(C)C. The molecule has 6 nitrogen and oxygen atoms in total. The molecule has 20 heavy (non-hydrogen) atoms. The number of ether oxygens (including phenoxy) is 2. The molecule has 110 valence electrons. The fraction of sp³-hybridized carbons (Fsp3) is 0.643. The van der Waals surface area contributed by atoms with Gasteiger partial charge in [-0.1, -0.05) is 13.8 Å². The van der Waals surface area contributed by atoms with Gasteiger partial charge in [0.25, 0.3) is 5.88 Å². The molecule has 0 amide bonds. The van der Waals surface area contributed by atoms with Gasteiger partial charge in [0.05, 0.1) is 7.11 Å². The summed E-state index contributed by atoms with van der Waals surface area (Å²) in [6.07, 6.45) is 2.35. The molecular formula is C14H19NO5. The third kappa shape index (κ3) is 3.00. The molecule has 0 aliphatic heterocycles. The maximum Gasteiger partial charge on any atom is 0.316 e. The summed E-state index contributed by atoms with van der Waals surface area (Å²) in [6.45, 7) is 3.82. The molecule has 0 aromatic carbocycles. The zero-order valence-electron chi connectivity index (χ0n) is 11.9. The van der Waals surface area contributed by atoms with Gasteiger partial charge in [0.1, 0.15) is 18.3 Å². The topological polar surface area (TPSA) is 78.6 Å². The summed E-state index contributed by atoms with van der Waals surface area (Å²) in [5.41, 5.74) is 0. The first kappa shape index (κ1) is 14.6. The Morgan fingerprint density at radius 2 is 2.20 bits per heavy atom. The molecule has 1 unspecified atom stereocenters. The van der Waals surface area contributed by atoms with E-state index in [0.717, 1.165) is 6.29 Å². The van der Waals surface area contributed by atoms with Crippen LogP contribution in [0.1, 0.15) is 38.4 Å². The van der Waals surface area contributed by atoms with Gasteiger partial charge in [-0.05, 0) is 23.9 Å². The third-order valence-corrected chi connectivity index (χ3v) is 3.55. The van der Waals surface area contributed by atoms with E-state index < -0.39 is 5.92 Å². The van der Waals surface area contributed by atoms with E-state index in [2.05, 4.69) is 5.16 Å². The predicted molar refractivity (Wildman–Crippen MR) is 69.3 cm³/mol. The van der Waals surface area contributed by atoms with Crippen molar-refractivity contribution < 1.29 is 23.6 Å². The van der Waals surface area contributed by atoms with Gasteiger partial charge in [-0.15, -0.1) is 0 Å². The fourth-order valence-corrected chi connectivity index (χ4v) is 2.30. The van der Waals surface area contributed by atoms with Crippen molar-refractivity contribution in [3.8, 4) is 5.88 Å². The van der Waals surface area contributed by atoms with Crippen molar-refractivity contribution in [2.24, 2.45) is 11.8 Å². The quantitative estimate of drug-likeness (QED) is 0.585. The summed E-state index contributed by atoms with van der Waals surface area (Å²) < 4.78 is 15.6. The average molecular weight is 281 g/mol. The van der Waals surface area contributed by atoms with Crippen LogP contribution in [-0.4, -0.2) is 30.6 Å². The molecule has 0 bridgehead atoms. The fourth-order valence-electron chi connectivity index (χ4n) is 2.30. The molecule has 2 rings (SSSR count).